The Kier molecular flexibility index (Phi) is 7.22. The van der Waals surface area contributed by atoms with Crippen molar-refractivity contribution >= 4 is 29.1 Å². The number of nitriles is 1. The molecule has 2 aromatic carbocycles. The smallest absolute Gasteiger partial charge is 0.146 e. The number of nitrogens with one attached hydrogen (secondary N) is 3. The first kappa shape index (κ1) is 23.2. The van der Waals surface area contributed by atoms with Crippen LogP contribution in [-0.2, 0) is 6.42 Å². The standard InChI is InChI=1S/C26H30ClN5O/c1-17-6-7-21-24(32(17)2)9-8-20(18(14-28)16-31-19-10-12-30-13-11-19)26(21)33-25-5-3-4-23(27)22(25)15-29/h3-5,8-9,14,16-17,19,28,30-31H,6-7,10-13H2,1-2H3/b18-16+,28-14?. The SMILES string of the molecule is CC1CCc2c(ccc(/C(C=N)=C/NC3CCNCC3)c2Oc2cccc(Cl)c2C#N)N1C. The Morgan fingerprint density at radius 3 is 2.79 bits per heavy atom. The molecule has 7 heteroatoms. The van der Waals surface area contributed by atoms with Crippen molar-refractivity contribution in [3.8, 4) is 17.6 Å². The average Bonchev–Trinajstić information content (AvgIpc) is 2.83. The fourth-order valence-electron chi connectivity index (χ4n) is 4.52. The molecular weight excluding hydrogens is 434 g/mol. The summed E-state index contributed by atoms with van der Waals surface area (Å²) in [5.74, 6) is 1.11. The van der Waals surface area contributed by atoms with Crippen molar-refractivity contribution in [1.82, 2.24) is 10.6 Å². The van der Waals surface area contributed by atoms with Crippen LogP contribution in [0.5, 0.6) is 11.5 Å². The summed E-state index contributed by atoms with van der Waals surface area (Å²) in [4.78, 5) is 2.26. The van der Waals surface area contributed by atoms with Gasteiger partial charge in [0.05, 0.1) is 5.02 Å². The molecule has 0 saturated carbocycles. The molecule has 4 rings (SSSR count). The average molecular weight is 464 g/mol. The number of halogens is 1. The molecule has 0 radical (unpaired) electrons. The van der Waals surface area contributed by atoms with Crippen LogP contribution in [0.3, 0.4) is 0 Å². The van der Waals surface area contributed by atoms with Crippen molar-refractivity contribution in [2.75, 3.05) is 25.0 Å². The van der Waals surface area contributed by atoms with Crippen LogP contribution in [0.2, 0.25) is 5.02 Å². The van der Waals surface area contributed by atoms with Crippen molar-refractivity contribution in [1.29, 1.82) is 10.7 Å². The monoisotopic (exact) mass is 463 g/mol. The minimum atomic E-state index is 0.313. The number of hydrogen-bond donors (Lipinski definition) is 3. The maximum Gasteiger partial charge on any atom is 0.146 e. The first-order chi connectivity index (χ1) is 16.0. The zero-order chi connectivity index (χ0) is 23.4. The zero-order valence-corrected chi connectivity index (χ0v) is 19.9. The molecule has 0 spiro atoms. The third-order valence-electron chi connectivity index (χ3n) is 6.67. The van der Waals surface area contributed by atoms with Crippen LogP contribution in [0.15, 0.2) is 36.5 Å². The molecule has 2 aromatic rings. The van der Waals surface area contributed by atoms with Gasteiger partial charge < -0.3 is 25.7 Å². The number of nitrogens with zero attached hydrogens (tertiary/aromatic N) is 2. The van der Waals surface area contributed by atoms with Gasteiger partial charge in [0.15, 0.2) is 0 Å². The number of piperidine rings is 1. The molecule has 1 saturated heterocycles. The molecule has 33 heavy (non-hydrogen) atoms. The van der Waals surface area contributed by atoms with Crippen molar-refractivity contribution < 1.29 is 4.74 Å². The molecule has 172 valence electrons. The van der Waals surface area contributed by atoms with Crippen LogP contribution >= 0.6 is 11.6 Å². The van der Waals surface area contributed by atoms with Crippen LogP contribution in [0.1, 0.15) is 42.9 Å². The molecule has 0 aliphatic carbocycles. The molecule has 1 unspecified atom stereocenters. The lowest BCUT2D eigenvalue weighted by Gasteiger charge is -2.35. The lowest BCUT2D eigenvalue weighted by molar-refractivity contribution is 0.420. The summed E-state index contributed by atoms with van der Waals surface area (Å²) in [6.45, 7) is 4.21. The predicted molar refractivity (Wildman–Crippen MR) is 135 cm³/mol. The van der Waals surface area contributed by atoms with E-state index in [-0.39, 0.29) is 0 Å². The van der Waals surface area contributed by atoms with Gasteiger partial charge in [-0.25, -0.2) is 0 Å². The Balaban J connectivity index is 1.79. The molecule has 1 atom stereocenters. The van der Waals surface area contributed by atoms with E-state index in [2.05, 4.69) is 41.6 Å². The minimum absolute atomic E-state index is 0.313. The maximum absolute atomic E-state index is 9.66. The largest absolute Gasteiger partial charge is 0.455 e. The van der Waals surface area contributed by atoms with Crippen molar-refractivity contribution in [2.45, 2.75) is 44.7 Å². The molecule has 6 nitrogen and oxygen atoms in total. The van der Waals surface area contributed by atoms with Gasteiger partial charge in [-0.05, 0) is 70.0 Å². The van der Waals surface area contributed by atoms with Crippen LogP contribution in [0.25, 0.3) is 5.57 Å². The summed E-state index contributed by atoms with van der Waals surface area (Å²) in [5, 5.41) is 25.0. The molecule has 1 fully saturated rings. The molecule has 3 N–H and O–H groups in total. The van der Waals surface area contributed by atoms with E-state index >= 15 is 0 Å². The highest BCUT2D eigenvalue weighted by Crippen LogP contribution is 2.43. The topological polar surface area (TPSA) is 84.2 Å². The van der Waals surface area contributed by atoms with Crippen LogP contribution in [-0.4, -0.2) is 38.4 Å². The van der Waals surface area contributed by atoms with Gasteiger partial charge in [-0.2, -0.15) is 5.26 Å². The van der Waals surface area contributed by atoms with E-state index in [0.717, 1.165) is 61.2 Å². The normalized spacial score (nSPS) is 18.9. The van der Waals surface area contributed by atoms with E-state index in [1.807, 2.05) is 12.3 Å². The highest BCUT2D eigenvalue weighted by molar-refractivity contribution is 6.32. The summed E-state index contributed by atoms with van der Waals surface area (Å²) in [7, 11) is 2.10. The van der Waals surface area contributed by atoms with Gasteiger partial charge in [0, 0.05) is 53.9 Å². The number of hydrogen-bond acceptors (Lipinski definition) is 6. The number of anilines is 1. The molecule has 0 amide bonds. The van der Waals surface area contributed by atoms with E-state index in [1.165, 1.54) is 6.21 Å². The Hall–Kier alpha value is -3.01. The molecule has 2 aliphatic rings. The number of fused-ring (bicyclic) bond motifs is 1. The van der Waals surface area contributed by atoms with Crippen LogP contribution in [0, 0.1) is 16.7 Å². The van der Waals surface area contributed by atoms with Crippen molar-refractivity contribution in [3.05, 3.63) is 58.2 Å². The third kappa shape index (κ3) is 4.85. The lowest BCUT2D eigenvalue weighted by Crippen LogP contribution is -2.37. The van der Waals surface area contributed by atoms with Crippen molar-refractivity contribution in [2.24, 2.45) is 0 Å². The quantitative estimate of drug-likeness (QED) is 0.518. The van der Waals surface area contributed by atoms with Gasteiger partial charge in [-0.1, -0.05) is 17.7 Å². The number of allylic oxidation sites excluding steroid dienone is 1. The predicted octanol–water partition coefficient (Wildman–Crippen LogP) is 5.11. The fourth-order valence-corrected chi connectivity index (χ4v) is 4.73. The Labute approximate surface area is 200 Å². The molecule has 2 aliphatic heterocycles. The highest BCUT2D eigenvalue weighted by atomic mass is 35.5. The third-order valence-corrected chi connectivity index (χ3v) is 6.98. The first-order valence-electron chi connectivity index (χ1n) is 11.5. The van der Waals surface area contributed by atoms with E-state index in [1.54, 1.807) is 18.2 Å². The second-order valence-electron chi connectivity index (χ2n) is 8.70. The number of rotatable bonds is 6. The Morgan fingerprint density at radius 2 is 2.06 bits per heavy atom. The second-order valence-corrected chi connectivity index (χ2v) is 9.11. The van der Waals surface area contributed by atoms with Gasteiger partial charge >= 0.3 is 0 Å². The summed E-state index contributed by atoms with van der Waals surface area (Å²) < 4.78 is 6.45. The number of benzene rings is 2. The zero-order valence-electron chi connectivity index (χ0n) is 19.1. The first-order valence-corrected chi connectivity index (χ1v) is 11.8. The van der Waals surface area contributed by atoms with E-state index in [4.69, 9.17) is 21.7 Å². The number of ether oxygens (including phenoxy) is 1. The molecule has 2 heterocycles. The van der Waals surface area contributed by atoms with Gasteiger partial charge in [0.25, 0.3) is 0 Å². The van der Waals surface area contributed by atoms with Gasteiger partial charge in [-0.3, -0.25) is 0 Å². The minimum Gasteiger partial charge on any atom is -0.455 e. The summed E-state index contributed by atoms with van der Waals surface area (Å²) >= 11 is 6.27. The Morgan fingerprint density at radius 1 is 1.27 bits per heavy atom. The van der Waals surface area contributed by atoms with E-state index in [0.29, 0.717) is 34.2 Å². The summed E-state index contributed by atoms with van der Waals surface area (Å²) in [6.07, 6.45) is 7.25. The molecular formula is C26H30ClN5O. The van der Waals surface area contributed by atoms with Gasteiger partial charge in [-0.15, -0.1) is 0 Å². The molecule has 0 aromatic heterocycles. The van der Waals surface area contributed by atoms with Crippen molar-refractivity contribution in [3.63, 3.8) is 0 Å². The van der Waals surface area contributed by atoms with E-state index < -0.39 is 0 Å². The lowest BCUT2D eigenvalue weighted by atomic mass is 9.92. The second kappa shape index (κ2) is 10.3. The fraction of sp³-hybridized carbons (Fsp3) is 0.385. The van der Waals surface area contributed by atoms with E-state index in [9.17, 15) is 5.26 Å². The summed E-state index contributed by atoms with van der Waals surface area (Å²) in [6, 6.07) is 12.3. The van der Waals surface area contributed by atoms with Crippen LogP contribution < -0.4 is 20.3 Å². The Bertz CT molecular complexity index is 1100. The maximum atomic E-state index is 9.66. The van der Waals surface area contributed by atoms with Gasteiger partial charge in [0.1, 0.15) is 23.1 Å². The summed E-state index contributed by atoms with van der Waals surface area (Å²) in [5.41, 5.74) is 4.09. The van der Waals surface area contributed by atoms with Crippen LogP contribution in [0.4, 0.5) is 5.69 Å². The highest BCUT2D eigenvalue weighted by Gasteiger charge is 2.26. The van der Waals surface area contributed by atoms with Gasteiger partial charge in [0.2, 0.25) is 0 Å². The molecule has 0 bridgehead atoms.